The molecular weight excluding hydrogens is 240 g/mol. The number of anilines is 1. The Morgan fingerprint density at radius 1 is 1.28 bits per heavy atom. The summed E-state index contributed by atoms with van der Waals surface area (Å²) >= 11 is 1.75. The van der Waals surface area contributed by atoms with E-state index in [2.05, 4.69) is 53.9 Å². The molecule has 0 bridgehead atoms. The van der Waals surface area contributed by atoms with Gasteiger partial charge in [0, 0.05) is 19.3 Å². The van der Waals surface area contributed by atoms with E-state index in [0.29, 0.717) is 6.54 Å². The van der Waals surface area contributed by atoms with Gasteiger partial charge in [-0.25, -0.2) is 0 Å². The molecule has 0 fully saturated rings. The highest BCUT2D eigenvalue weighted by atomic mass is 32.1. The highest BCUT2D eigenvalue weighted by molar-refractivity contribution is 7.07. The molecule has 0 radical (unpaired) electrons. The molecule has 0 spiro atoms. The van der Waals surface area contributed by atoms with E-state index in [9.17, 15) is 0 Å². The summed E-state index contributed by atoms with van der Waals surface area (Å²) in [5.41, 5.74) is 10.9. The number of benzene rings is 1. The number of hydrogen-bond donors (Lipinski definition) is 1. The van der Waals surface area contributed by atoms with Gasteiger partial charge in [0.15, 0.2) is 0 Å². The summed E-state index contributed by atoms with van der Waals surface area (Å²) in [5.74, 6) is 0. The average Bonchev–Trinajstić information content (AvgIpc) is 2.84. The van der Waals surface area contributed by atoms with Gasteiger partial charge < -0.3 is 10.6 Å². The fourth-order valence-electron chi connectivity index (χ4n) is 2.10. The number of rotatable bonds is 5. The maximum Gasteiger partial charge on any atom is 0.0434 e. The normalized spacial score (nSPS) is 10.6. The van der Waals surface area contributed by atoms with Crippen LogP contribution in [0.4, 0.5) is 5.69 Å². The SMILES string of the molecule is Cc1cc(N(C)Cc2ccsc2)ccc1CCN. The molecule has 1 aromatic heterocycles. The van der Waals surface area contributed by atoms with Crippen molar-refractivity contribution in [1.82, 2.24) is 0 Å². The van der Waals surface area contributed by atoms with Crippen LogP contribution in [0.3, 0.4) is 0 Å². The van der Waals surface area contributed by atoms with Gasteiger partial charge in [0.1, 0.15) is 0 Å². The van der Waals surface area contributed by atoms with Crippen molar-refractivity contribution in [2.45, 2.75) is 19.9 Å². The Bertz CT molecular complexity index is 491. The minimum Gasteiger partial charge on any atom is -0.370 e. The van der Waals surface area contributed by atoms with Crippen LogP contribution in [0.2, 0.25) is 0 Å². The molecule has 0 aliphatic rings. The zero-order valence-electron chi connectivity index (χ0n) is 11.0. The molecule has 2 aromatic rings. The summed E-state index contributed by atoms with van der Waals surface area (Å²) in [6, 6.07) is 8.81. The molecule has 0 amide bonds. The smallest absolute Gasteiger partial charge is 0.0434 e. The minimum atomic E-state index is 0.713. The number of hydrogen-bond acceptors (Lipinski definition) is 3. The molecule has 0 atom stereocenters. The molecule has 1 aromatic carbocycles. The lowest BCUT2D eigenvalue weighted by molar-refractivity contribution is 0.919. The summed E-state index contributed by atoms with van der Waals surface area (Å²) in [6.45, 7) is 3.83. The van der Waals surface area contributed by atoms with Crippen LogP contribution in [-0.4, -0.2) is 13.6 Å². The number of thiophene rings is 1. The Morgan fingerprint density at radius 3 is 2.72 bits per heavy atom. The Labute approximate surface area is 113 Å². The molecule has 2 rings (SSSR count). The van der Waals surface area contributed by atoms with E-state index in [4.69, 9.17) is 5.73 Å². The van der Waals surface area contributed by atoms with Crippen molar-refractivity contribution in [3.63, 3.8) is 0 Å². The van der Waals surface area contributed by atoms with Gasteiger partial charge in [0.2, 0.25) is 0 Å². The lowest BCUT2D eigenvalue weighted by Crippen LogP contribution is -2.16. The Morgan fingerprint density at radius 2 is 2.11 bits per heavy atom. The summed E-state index contributed by atoms with van der Waals surface area (Å²) in [6.07, 6.45) is 0.959. The topological polar surface area (TPSA) is 29.3 Å². The van der Waals surface area contributed by atoms with Gasteiger partial charge in [-0.05, 0) is 65.5 Å². The van der Waals surface area contributed by atoms with Crippen molar-refractivity contribution >= 4 is 17.0 Å². The van der Waals surface area contributed by atoms with Gasteiger partial charge in [-0.1, -0.05) is 6.07 Å². The average molecular weight is 260 g/mol. The monoisotopic (exact) mass is 260 g/mol. The molecule has 1 heterocycles. The summed E-state index contributed by atoms with van der Waals surface area (Å²) < 4.78 is 0. The van der Waals surface area contributed by atoms with Crippen LogP contribution in [0, 0.1) is 6.92 Å². The Balaban J connectivity index is 2.11. The Hall–Kier alpha value is -1.32. The van der Waals surface area contributed by atoms with Gasteiger partial charge in [0.25, 0.3) is 0 Å². The first-order valence-electron chi connectivity index (χ1n) is 6.22. The second-order valence-electron chi connectivity index (χ2n) is 4.64. The molecular formula is C15H20N2S. The third-order valence-electron chi connectivity index (χ3n) is 3.18. The van der Waals surface area contributed by atoms with Gasteiger partial charge in [-0.3, -0.25) is 0 Å². The van der Waals surface area contributed by atoms with Crippen LogP contribution in [0.1, 0.15) is 16.7 Å². The quantitative estimate of drug-likeness (QED) is 0.894. The zero-order chi connectivity index (χ0) is 13.0. The second kappa shape index (κ2) is 6.03. The molecule has 2 N–H and O–H groups in total. The van der Waals surface area contributed by atoms with Crippen molar-refractivity contribution in [3.8, 4) is 0 Å². The van der Waals surface area contributed by atoms with E-state index in [1.807, 2.05) is 0 Å². The van der Waals surface area contributed by atoms with Gasteiger partial charge >= 0.3 is 0 Å². The molecule has 0 saturated heterocycles. The lowest BCUT2D eigenvalue weighted by Gasteiger charge is -2.20. The van der Waals surface area contributed by atoms with E-state index in [0.717, 1.165) is 13.0 Å². The van der Waals surface area contributed by atoms with E-state index in [1.54, 1.807) is 11.3 Å². The summed E-state index contributed by atoms with van der Waals surface area (Å²) in [5, 5.41) is 4.32. The predicted octanol–water partition coefficient (Wildman–Crippen LogP) is 3.19. The van der Waals surface area contributed by atoms with Crippen molar-refractivity contribution in [3.05, 3.63) is 51.7 Å². The minimum absolute atomic E-state index is 0.713. The van der Waals surface area contributed by atoms with Crippen LogP contribution < -0.4 is 10.6 Å². The van der Waals surface area contributed by atoms with Gasteiger partial charge in [-0.15, -0.1) is 0 Å². The predicted molar refractivity (Wildman–Crippen MR) is 80.4 cm³/mol. The second-order valence-corrected chi connectivity index (χ2v) is 5.42. The molecule has 96 valence electrons. The van der Waals surface area contributed by atoms with Crippen LogP contribution in [0.25, 0.3) is 0 Å². The standard InChI is InChI=1S/C15H20N2S/c1-12-9-15(4-3-14(12)5-7-16)17(2)10-13-6-8-18-11-13/h3-4,6,8-9,11H,5,7,10,16H2,1-2H3. The fourth-order valence-corrected chi connectivity index (χ4v) is 2.76. The van der Waals surface area contributed by atoms with Crippen LogP contribution in [0.15, 0.2) is 35.0 Å². The number of nitrogens with two attached hydrogens (primary N) is 1. The molecule has 3 heteroatoms. The summed E-state index contributed by atoms with van der Waals surface area (Å²) in [7, 11) is 2.13. The Kier molecular flexibility index (Phi) is 4.39. The molecule has 2 nitrogen and oxygen atoms in total. The maximum absolute atomic E-state index is 5.61. The van der Waals surface area contributed by atoms with Gasteiger partial charge in [-0.2, -0.15) is 11.3 Å². The third-order valence-corrected chi connectivity index (χ3v) is 3.91. The first kappa shape index (κ1) is 13.1. The van der Waals surface area contributed by atoms with Crippen molar-refractivity contribution in [1.29, 1.82) is 0 Å². The number of nitrogens with zero attached hydrogens (tertiary/aromatic N) is 1. The summed E-state index contributed by atoms with van der Waals surface area (Å²) in [4.78, 5) is 2.28. The molecule has 0 aliphatic carbocycles. The molecule has 0 aliphatic heterocycles. The van der Waals surface area contributed by atoms with Crippen LogP contribution in [-0.2, 0) is 13.0 Å². The molecule has 18 heavy (non-hydrogen) atoms. The van der Waals surface area contributed by atoms with Crippen molar-refractivity contribution in [2.75, 3.05) is 18.5 Å². The van der Waals surface area contributed by atoms with E-state index in [1.165, 1.54) is 22.4 Å². The van der Waals surface area contributed by atoms with E-state index >= 15 is 0 Å². The third kappa shape index (κ3) is 3.12. The van der Waals surface area contributed by atoms with Gasteiger partial charge in [0.05, 0.1) is 0 Å². The molecule has 0 unspecified atom stereocenters. The largest absolute Gasteiger partial charge is 0.370 e. The highest BCUT2D eigenvalue weighted by Crippen LogP contribution is 2.20. The fraction of sp³-hybridized carbons (Fsp3) is 0.333. The maximum atomic E-state index is 5.61. The lowest BCUT2D eigenvalue weighted by atomic mass is 10.0. The van der Waals surface area contributed by atoms with E-state index in [-0.39, 0.29) is 0 Å². The highest BCUT2D eigenvalue weighted by Gasteiger charge is 2.05. The van der Waals surface area contributed by atoms with Crippen molar-refractivity contribution < 1.29 is 0 Å². The van der Waals surface area contributed by atoms with Crippen LogP contribution in [0.5, 0.6) is 0 Å². The van der Waals surface area contributed by atoms with Crippen molar-refractivity contribution in [2.24, 2.45) is 5.73 Å². The first-order chi connectivity index (χ1) is 8.70. The molecule has 0 saturated carbocycles. The van der Waals surface area contributed by atoms with Crippen LogP contribution >= 0.6 is 11.3 Å². The zero-order valence-corrected chi connectivity index (χ0v) is 11.8. The van der Waals surface area contributed by atoms with E-state index < -0.39 is 0 Å². The number of aryl methyl sites for hydroxylation is 1. The first-order valence-corrected chi connectivity index (χ1v) is 7.17.